The topological polar surface area (TPSA) is 55.0 Å². The average molecular weight is 220 g/mol. The molecule has 5 heteroatoms. The molecule has 0 fully saturated rings. The molecule has 1 heterocycles. The van der Waals surface area contributed by atoms with E-state index in [4.69, 9.17) is 5.73 Å². The first-order valence-electron chi connectivity index (χ1n) is 4.57. The minimum absolute atomic E-state index is 0.789. The lowest BCUT2D eigenvalue weighted by molar-refractivity contribution is 0.894. The minimum atomic E-state index is 0.789. The van der Waals surface area contributed by atoms with Crippen LogP contribution in [0.5, 0.6) is 0 Å². The molecule has 0 spiro atoms. The van der Waals surface area contributed by atoms with Gasteiger partial charge in [-0.05, 0) is 17.7 Å². The van der Waals surface area contributed by atoms with Crippen LogP contribution in [0.2, 0.25) is 0 Å². The summed E-state index contributed by atoms with van der Waals surface area (Å²) in [6.07, 6.45) is 0. The van der Waals surface area contributed by atoms with Crippen LogP contribution in [0, 0.1) is 0 Å². The zero-order valence-corrected chi connectivity index (χ0v) is 9.24. The average Bonchev–Trinajstić information content (AvgIpc) is 2.74. The normalized spacial score (nSPS) is 10.2. The fraction of sp³-hybridized carbons (Fsp3) is 0.200. The van der Waals surface area contributed by atoms with Crippen molar-refractivity contribution in [2.24, 2.45) is 0 Å². The van der Waals surface area contributed by atoms with Crippen molar-refractivity contribution in [2.75, 3.05) is 17.7 Å². The van der Waals surface area contributed by atoms with E-state index < -0.39 is 0 Å². The third-order valence-electron chi connectivity index (χ3n) is 2.07. The molecule has 0 amide bonds. The van der Waals surface area contributed by atoms with Gasteiger partial charge in [0.2, 0.25) is 5.13 Å². The van der Waals surface area contributed by atoms with Gasteiger partial charge in [-0.25, -0.2) is 0 Å². The molecule has 0 saturated heterocycles. The molecular weight excluding hydrogens is 208 g/mol. The van der Waals surface area contributed by atoms with Gasteiger partial charge in [-0.3, -0.25) is 0 Å². The fourth-order valence-electron chi connectivity index (χ4n) is 1.30. The van der Waals surface area contributed by atoms with E-state index in [1.807, 2.05) is 31.3 Å². The lowest BCUT2D eigenvalue weighted by Gasteiger charge is -2.14. The van der Waals surface area contributed by atoms with Crippen LogP contribution in [0.15, 0.2) is 29.8 Å². The number of hydrogen-bond donors (Lipinski definition) is 1. The van der Waals surface area contributed by atoms with E-state index in [2.05, 4.69) is 15.1 Å². The minimum Gasteiger partial charge on any atom is -0.399 e. The summed E-state index contributed by atoms with van der Waals surface area (Å²) in [6.45, 7) is 0.815. The van der Waals surface area contributed by atoms with E-state index in [-0.39, 0.29) is 0 Å². The number of rotatable bonds is 3. The third-order valence-corrected chi connectivity index (χ3v) is 2.88. The summed E-state index contributed by atoms with van der Waals surface area (Å²) in [4.78, 5) is 2.06. The number of nitrogens with two attached hydrogens (primary N) is 1. The Morgan fingerprint density at radius 2 is 2.07 bits per heavy atom. The molecule has 78 valence electrons. The van der Waals surface area contributed by atoms with Gasteiger partial charge in [0.1, 0.15) is 5.51 Å². The van der Waals surface area contributed by atoms with E-state index in [9.17, 15) is 0 Å². The maximum Gasteiger partial charge on any atom is 0.208 e. The Kier molecular flexibility index (Phi) is 2.82. The molecule has 0 aliphatic heterocycles. The standard InChI is InChI=1S/C10H12N4S/c1-14(10-13-12-7-15-10)6-8-2-4-9(11)5-3-8/h2-5,7H,6,11H2,1H3. The van der Waals surface area contributed by atoms with Crippen molar-refractivity contribution in [3.63, 3.8) is 0 Å². The molecule has 0 bridgehead atoms. The molecule has 0 unspecified atom stereocenters. The molecule has 0 radical (unpaired) electrons. The summed E-state index contributed by atoms with van der Waals surface area (Å²) in [5.74, 6) is 0. The summed E-state index contributed by atoms with van der Waals surface area (Å²) >= 11 is 1.53. The molecule has 2 rings (SSSR count). The molecule has 0 aliphatic rings. The van der Waals surface area contributed by atoms with Gasteiger partial charge >= 0.3 is 0 Å². The van der Waals surface area contributed by atoms with Crippen molar-refractivity contribution >= 4 is 22.2 Å². The highest BCUT2D eigenvalue weighted by Gasteiger charge is 2.04. The molecule has 1 aromatic carbocycles. The molecule has 0 saturated carbocycles. The highest BCUT2D eigenvalue weighted by Crippen LogP contribution is 2.16. The summed E-state index contributed by atoms with van der Waals surface area (Å²) in [5.41, 5.74) is 9.35. The van der Waals surface area contributed by atoms with Gasteiger partial charge < -0.3 is 10.6 Å². The van der Waals surface area contributed by atoms with Gasteiger partial charge in [-0.1, -0.05) is 23.5 Å². The number of hydrogen-bond acceptors (Lipinski definition) is 5. The first kappa shape index (κ1) is 9.92. The Bertz CT molecular complexity index is 409. The highest BCUT2D eigenvalue weighted by atomic mass is 32.1. The number of benzene rings is 1. The van der Waals surface area contributed by atoms with Crippen molar-refractivity contribution in [1.82, 2.24) is 10.2 Å². The van der Waals surface area contributed by atoms with Crippen molar-refractivity contribution in [3.8, 4) is 0 Å². The summed E-state index contributed by atoms with van der Waals surface area (Å²) in [7, 11) is 2.00. The molecule has 15 heavy (non-hydrogen) atoms. The van der Waals surface area contributed by atoms with E-state index in [0.29, 0.717) is 0 Å². The highest BCUT2D eigenvalue weighted by molar-refractivity contribution is 7.13. The van der Waals surface area contributed by atoms with Crippen LogP contribution in [0.25, 0.3) is 0 Å². The van der Waals surface area contributed by atoms with Crippen molar-refractivity contribution < 1.29 is 0 Å². The molecule has 4 nitrogen and oxygen atoms in total. The van der Waals surface area contributed by atoms with Crippen LogP contribution in [-0.2, 0) is 6.54 Å². The van der Waals surface area contributed by atoms with Crippen LogP contribution in [0.1, 0.15) is 5.56 Å². The molecule has 1 aromatic heterocycles. The van der Waals surface area contributed by atoms with E-state index in [1.54, 1.807) is 5.51 Å². The van der Waals surface area contributed by atoms with Gasteiger partial charge in [0.25, 0.3) is 0 Å². The van der Waals surface area contributed by atoms with Crippen LogP contribution in [0.4, 0.5) is 10.8 Å². The van der Waals surface area contributed by atoms with Crippen LogP contribution in [-0.4, -0.2) is 17.2 Å². The van der Waals surface area contributed by atoms with Gasteiger partial charge in [-0.2, -0.15) is 0 Å². The lowest BCUT2D eigenvalue weighted by Crippen LogP contribution is -2.16. The van der Waals surface area contributed by atoms with Gasteiger partial charge in [0.05, 0.1) is 0 Å². The van der Waals surface area contributed by atoms with Crippen LogP contribution < -0.4 is 10.6 Å². The lowest BCUT2D eigenvalue weighted by atomic mass is 10.2. The molecule has 2 aromatic rings. The molecule has 0 atom stereocenters. The Morgan fingerprint density at radius 1 is 1.33 bits per heavy atom. The predicted octanol–water partition coefficient (Wildman–Crippen LogP) is 1.76. The quantitative estimate of drug-likeness (QED) is 0.801. The molecular formula is C10H12N4S. The Labute approximate surface area is 92.4 Å². The van der Waals surface area contributed by atoms with Gasteiger partial charge in [-0.15, -0.1) is 10.2 Å². The second kappa shape index (κ2) is 4.27. The Morgan fingerprint density at radius 3 is 2.67 bits per heavy atom. The largest absolute Gasteiger partial charge is 0.399 e. The van der Waals surface area contributed by atoms with Gasteiger partial charge in [0.15, 0.2) is 0 Å². The van der Waals surface area contributed by atoms with Gasteiger partial charge in [0, 0.05) is 19.3 Å². The number of anilines is 2. The summed E-state index contributed by atoms with van der Waals surface area (Å²) in [6, 6.07) is 7.85. The van der Waals surface area contributed by atoms with Crippen molar-refractivity contribution in [2.45, 2.75) is 6.54 Å². The monoisotopic (exact) mass is 220 g/mol. The zero-order chi connectivity index (χ0) is 10.7. The first-order chi connectivity index (χ1) is 7.25. The SMILES string of the molecule is CN(Cc1ccc(N)cc1)c1nncs1. The Hall–Kier alpha value is -1.62. The van der Waals surface area contributed by atoms with Crippen LogP contribution in [0.3, 0.4) is 0 Å². The number of nitrogen functional groups attached to an aromatic ring is 1. The predicted molar refractivity (Wildman–Crippen MR) is 62.9 cm³/mol. The van der Waals surface area contributed by atoms with E-state index in [0.717, 1.165) is 17.4 Å². The molecule has 0 aliphatic carbocycles. The fourth-order valence-corrected chi connectivity index (χ4v) is 1.83. The smallest absolute Gasteiger partial charge is 0.208 e. The van der Waals surface area contributed by atoms with E-state index >= 15 is 0 Å². The maximum absolute atomic E-state index is 5.62. The third kappa shape index (κ3) is 2.44. The van der Waals surface area contributed by atoms with Crippen molar-refractivity contribution in [1.29, 1.82) is 0 Å². The molecule has 2 N–H and O–H groups in total. The van der Waals surface area contributed by atoms with Crippen LogP contribution >= 0.6 is 11.3 Å². The summed E-state index contributed by atoms with van der Waals surface area (Å²) < 4.78 is 0. The van der Waals surface area contributed by atoms with Crippen molar-refractivity contribution in [3.05, 3.63) is 35.3 Å². The number of aromatic nitrogens is 2. The first-order valence-corrected chi connectivity index (χ1v) is 5.45. The number of nitrogens with zero attached hydrogens (tertiary/aromatic N) is 3. The second-order valence-corrected chi connectivity index (χ2v) is 4.13. The summed E-state index contributed by atoms with van der Waals surface area (Å²) in [5, 5.41) is 8.73. The maximum atomic E-state index is 5.62. The zero-order valence-electron chi connectivity index (χ0n) is 8.42. The second-order valence-electron chi connectivity index (χ2n) is 3.32. The Balaban J connectivity index is 2.06. The van der Waals surface area contributed by atoms with E-state index in [1.165, 1.54) is 16.9 Å².